The van der Waals surface area contributed by atoms with Crippen molar-refractivity contribution < 1.29 is 23.1 Å². The number of aliphatic hydroxyl groups is 1. The van der Waals surface area contributed by atoms with Gasteiger partial charge in [-0.2, -0.15) is 13.2 Å². The minimum Gasteiger partial charge on any atom is -0.376 e. The van der Waals surface area contributed by atoms with E-state index in [2.05, 4.69) is 15.2 Å². The molecule has 23 heavy (non-hydrogen) atoms. The Morgan fingerprint density at radius 1 is 1.39 bits per heavy atom. The van der Waals surface area contributed by atoms with Crippen LogP contribution in [0.25, 0.3) is 0 Å². The molecule has 128 valence electrons. The van der Waals surface area contributed by atoms with E-state index in [0.717, 1.165) is 26.2 Å². The first-order valence-corrected chi connectivity index (χ1v) is 7.19. The van der Waals surface area contributed by atoms with E-state index in [1.165, 1.54) is 0 Å². The molecule has 1 aliphatic heterocycles. The van der Waals surface area contributed by atoms with Crippen LogP contribution in [-0.4, -0.2) is 66.4 Å². The minimum atomic E-state index is -4.97. The van der Waals surface area contributed by atoms with Crippen LogP contribution in [0.5, 0.6) is 0 Å². The molecule has 6 nitrogen and oxygen atoms in total. The van der Waals surface area contributed by atoms with Crippen LogP contribution in [0.2, 0.25) is 0 Å². The summed E-state index contributed by atoms with van der Waals surface area (Å²) in [5.41, 5.74) is 0.611. The standard InChI is InChI=1S/C14H19F3N4O2/c1-20-5-7-21(8-6-20)12-10(3-2-4-18-12)9-19-13(23)11(22)14(15,16)17/h2-4,11,22H,5-9H2,1H3,(H,19,23). The number of halogens is 3. The molecule has 1 aromatic rings. The number of rotatable bonds is 4. The van der Waals surface area contributed by atoms with Crippen LogP contribution >= 0.6 is 0 Å². The van der Waals surface area contributed by atoms with Crippen molar-refractivity contribution in [2.75, 3.05) is 38.1 Å². The van der Waals surface area contributed by atoms with Gasteiger partial charge < -0.3 is 20.2 Å². The van der Waals surface area contributed by atoms with Gasteiger partial charge in [-0.15, -0.1) is 0 Å². The molecular weight excluding hydrogens is 313 g/mol. The largest absolute Gasteiger partial charge is 0.423 e. The molecule has 2 rings (SSSR count). The van der Waals surface area contributed by atoms with Crippen LogP contribution in [0, 0.1) is 0 Å². The third kappa shape index (κ3) is 4.55. The van der Waals surface area contributed by atoms with Crippen LogP contribution < -0.4 is 10.2 Å². The summed E-state index contributed by atoms with van der Waals surface area (Å²) in [5.74, 6) is -0.826. The summed E-state index contributed by atoms with van der Waals surface area (Å²) >= 11 is 0. The first-order valence-electron chi connectivity index (χ1n) is 7.19. The molecule has 1 saturated heterocycles. The molecule has 2 N–H and O–H groups in total. The van der Waals surface area contributed by atoms with E-state index in [-0.39, 0.29) is 6.54 Å². The SMILES string of the molecule is CN1CCN(c2ncccc2CNC(=O)C(O)C(F)(F)F)CC1. The van der Waals surface area contributed by atoms with Gasteiger partial charge in [0.2, 0.25) is 6.10 Å². The number of likely N-dealkylation sites (N-methyl/N-ethyl adjacent to an activating group) is 1. The van der Waals surface area contributed by atoms with Crippen molar-refractivity contribution in [1.29, 1.82) is 0 Å². The quantitative estimate of drug-likeness (QED) is 0.834. The molecule has 1 amide bonds. The molecule has 2 heterocycles. The number of hydrogen-bond acceptors (Lipinski definition) is 5. The van der Waals surface area contributed by atoms with Gasteiger partial charge in [0.25, 0.3) is 5.91 Å². The fourth-order valence-corrected chi connectivity index (χ4v) is 2.30. The summed E-state index contributed by atoms with van der Waals surface area (Å²) in [6.07, 6.45) is -6.39. The Morgan fingerprint density at radius 3 is 2.65 bits per heavy atom. The molecule has 1 aliphatic rings. The lowest BCUT2D eigenvalue weighted by molar-refractivity contribution is -0.205. The van der Waals surface area contributed by atoms with Gasteiger partial charge in [-0.05, 0) is 13.1 Å². The maximum Gasteiger partial charge on any atom is 0.423 e. The van der Waals surface area contributed by atoms with Crippen LogP contribution in [-0.2, 0) is 11.3 Å². The Morgan fingerprint density at radius 2 is 2.04 bits per heavy atom. The highest BCUT2D eigenvalue weighted by molar-refractivity contribution is 5.81. The molecule has 1 fully saturated rings. The topological polar surface area (TPSA) is 68.7 Å². The van der Waals surface area contributed by atoms with E-state index in [1.807, 2.05) is 11.9 Å². The molecule has 0 radical (unpaired) electrons. The molecule has 1 atom stereocenters. The predicted molar refractivity (Wildman–Crippen MR) is 77.9 cm³/mol. The van der Waals surface area contributed by atoms with Crippen LogP contribution in [0.15, 0.2) is 18.3 Å². The number of piperazine rings is 1. The number of carbonyl (C=O) groups excluding carboxylic acids is 1. The van der Waals surface area contributed by atoms with E-state index in [0.29, 0.717) is 11.4 Å². The van der Waals surface area contributed by atoms with Gasteiger partial charge in [0, 0.05) is 44.5 Å². The minimum absolute atomic E-state index is 0.124. The second-order valence-electron chi connectivity index (χ2n) is 5.44. The first kappa shape index (κ1) is 17.5. The normalized spacial score (nSPS) is 17.9. The number of hydrogen-bond donors (Lipinski definition) is 2. The fourth-order valence-electron chi connectivity index (χ4n) is 2.30. The van der Waals surface area contributed by atoms with Gasteiger partial charge >= 0.3 is 6.18 Å². The number of anilines is 1. The summed E-state index contributed by atoms with van der Waals surface area (Å²) in [7, 11) is 2.01. The maximum atomic E-state index is 12.3. The maximum absolute atomic E-state index is 12.3. The fraction of sp³-hybridized carbons (Fsp3) is 0.571. The van der Waals surface area contributed by atoms with Crippen molar-refractivity contribution >= 4 is 11.7 Å². The van der Waals surface area contributed by atoms with Gasteiger partial charge in [0.15, 0.2) is 0 Å². The average Bonchev–Trinajstić information content (AvgIpc) is 2.52. The Labute approximate surface area is 131 Å². The second kappa shape index (κ2) is 7.14. The molecule has 9 heteroatoms. The number of carbonyl (C=O) groups is 1. The van der Waals surface area contributed by atoms with Crippen molar-refractivity contribution in [2.45, 2.75) is 18.8 Å². The first-order chi connectivity index (χ1) is 10.8. The van der Waals surface area contributed by atoms with E-state index in [1.54, 1.807) is 18.3 Å². The van der Waals surface area contributed by atoms with Gasteiger partial charge in [-0.3, -0.25) is 4.79 Å². The number of nitrogens with one attached hydrogen (secondary N) is 1. The van der Waals surface area contributed by atoms with Crippen LogP contribution in [0.4, 0.5) is 19.0 Å². The molecule has 0 aromatic carbocycles. The number of pyridine rings is 1. The average molecular weight is 332 g/mol. The Bertz CT molecular complexity index is 545. The summed E-state index contributed by atoms with van der Waals surface area (Å²) < 4.78 is 36.9. The molecule has 0 saturated carbocycles. The van der Waals surface area contributed by atoms with Gasteiger partial charge in [0.05, 0.1) is 0 Å². The van der Waals surface area contributed by atoms with E-state index >= 15 is 0 Å². The summed E-state index contributed by atoms with van der Waals surface area (Å²) in [6, 6.07) is 3.35. The highest BCUT2D eigenvalue weighted by atomic mass is 19.4. The van der Waals surface area contributed by atoms with Crippen molar-refractivity contribution in [3.05, 3.63) is 23.9 Å². The van der Waals surface area contributed by atoms with Crippen molar-refractivity contribution in [2.24, 2.45) is 0 Å². The Balaban J connectivity index is 2.02. The molecule has 1 unspecified atom stereocenters. The van der Waals surface area contributed by atoms with E-state index < -0.39 is 18.2 Å². The number of aliphatic hydroxyl groups excluding tert-OH is 1. The smallest absolute Gasteiger partial charge is 0.376 e. The van der Waals surface area contributed by atoms with E-state index in [4.69, 9.17) is 5.11 Å². The zero-order valence-corrected chi connectivity index (χ0v) is 12.7. The number of alkyl halides is 3. The summed E-state index contributed by atoms with van der Waals surface area (Å²) in [6.45, 7) is 3.09. The van der Waals surface area contributed by atoms with Crippen LogP contribution in [0.3, 0.4) is 0 Å². The molecule has 1 aromatic heterocycles. The van der Waals surface area contributed by atoms with Gasteiger partial charge in [0.1, 0.15) is 5.82 Å². The third-order valence-electron chi connectivity index (χ3n) is 3.68. The number of nitrogens with zero attached hydrogens (tertiary/aromatic N) is 3. The Kier molecular flexibility index (Phi) is 5.42. The highest BCUT2D eigenvalue weighted by Gasteiger charge is 2.43. The lowest BCUT2D eigenvalue weighted by atomic mass is 10.2. The van der Waals surface area contributed by atoms with Crippen LogP contribution in [0.1, 0.15) is 5.56 Å². The zero-order chi connectivity index (χ0) is 17.0. The highest BCUT2D eigenvalue weighted by Crippen LogP contribution is 2.21. The predicted octanol–water partition coefficient (Wildman–Crippen LogP) is 0.373. The molecule has 0 aliphatic carbocycles. The zero-order valence-electron chi connectivity index (χ0n) is 12.7. The van der Waals surface area contributed by atoms with Gasteiger partial charge in [-0.1, -0.05) is 6.07 Å². The number of amides is 1. The van der Waals surface area contributed by atoms with Crippen molar-refractivity contribution in [1.82, 2.24) is 15.2 Å². The van der Waals surface area contributed by atoms with Gasteiger partial charge in [-0.25, -0.2) is 4.98 Å². The van der Waals surface area contributed by atoms with E-state index in [9.17, 15) is 18.0 Å². The summed E-state index contributed by atoms with van der Waals surface area (Å²) in [4.78, 5) is 19.8. The monoisotopic (exact) mass is 332 g/mol. The Hall–Kier alpha value is -1.87. The lowest BCUT2D eigenvalue weighted by Gasteiger charge is -2.34. The number of aromatic nitrogens is 1. The molecule has 0 bridgehead atoms. The molecule has 0 spiro atoms. The lowest BCUT2D eigenvalue weighted by Crippen LogP contribution is -2.46. The second-order valence-corrected chi connectivity index (χ2v) is 5.44. The van der Waals surface area contributed by atoms with Crippen molar-refractivity contribution in [3.8, 4) is 0 Å². The molecular formula is C14H19F3N4O2. The summed E-state index contributed by atoms with van der Waals surface area (Å²) in [5, 5.41) is 11.0. The van der Waals surface area contributed by atoms with Crippen molar-refractivity contribution in [3.63, 3.8) is 0 Å². The third-order valence-corrected chi connectivity index (χ3v) is 3.68.